The van der Waals surface area contributed by atoms with Crippen LogP contribution in [0.3, 0.4) is 0 Å². The smallest absolute Gasteiger partial charge is 0.280 e. The zero-order valence-corrected chi connectivity index (χ0v) is 17.9. The van der Waals surface area contributed by atoms with Crippen molar-refractivity contribution < 1.29 is 4.39 Å². The van der Waals surface area contributed by atoms with Gasteiger partial charge in [-0.05, 0) is 56.7 Å². The maximum Gasteiger partial charge on any atom is 0.280 e. The summed E-state index contributed by atoms with van der Waals surface area (Å²) in [5, 5.41) is 3.18. The van der Waals surface area contributed by atoms with Crippen LogP contribution in [0.1, 0.15) is 37.1 Å². The van der Waals surface area contributed by atoms with Crippen LogP contribution in [0.5, 0.6) is 0 Å². The molecule has 1 aromatic heterocycles. The summed E-state index contributed by atoms with van der Waals surface area (Å²) in [6.45, 7) is 6.67. The topological polar surface area (TPSA) is 50.1 Å². The third-order valence-corrected chi connectivity index (χ3v) is 5.63. The highest BCUT2D eigenvalue weighted by molar-refractivity contribution is 7.99. The zero-order chi connectivity index (χ0) is 20.8. The SMILES string of the molecule is CCCc1[nH]n(-c2ccc(F)cc2)c(=O)c1C(C)=NCCSc1ccc(C)cc1. The van der Waals surface area contributed by atoms with Gasteiger partial charge in [0.05, 0.1) is 11.3 Å². The van der Waals surface area contributed by atoms with Gasteiger partial charge in [-0.2, -0.15) is 0 Å². The van der Waals surface area contributed by atoms with Gasteiger partial charge in [0.2, 0.25) is 0 Å². The van der Waals surface area contributed by atoms with Crippen LogP contribution < -0.4 is 5.56 Å². The predicted octanol–water partition coefficient (Wildman–Crippen LogP) is 5.17. The van der Waals surface area contributed by atoms with Crippen LogP contribution in [0.2, 0.25) is 0 Å². The summed E-state index contributed by atoms with van der Waals surface area (Å²) >= 11 is 1.75. The lowest BCUT2D eigenvalue weighted by Crippen LogP contribution is -2.20. The van der Waals surface area contributed by atoms with Gasteiger partial charge in [-0.1, -0.05) is 31.0 Å². The number of halogens is 1. The molecular weight excluding hydrogens is 385 g/mol. The normalized spacial score (nSPS) is 11.8. The van der Waals surface area contributed by atoms with Gasteiger partial charge in [0, 0.05) is 28.6 Å². The number of rotatable bonds is 8. The summed E-state index contributed by atoms with van der Waals surface area (Å²) < 4.78 is 14.7. The van der Waals surface area contributed by atoms with E-state index in [2.05, 4.69) is 48.2 Å². The molecule has 0 radical (unpaired) electrons. The number of aromatic nitrogens is 2. The van der Waals surface area contributed by atoms with Gasteiger partial charge in [0.1, 0.15) is 5.82 Å². The number of nitrogens with one attached hydrogen (secondary N) is 1. The number of thioether (sulfide) groups is 1. The van der Waals surface area contributed by atoms with Gasteiger partial charge >= 0.3 is 0 Å². The molecule has 0 aliphatic heterocycles. The van der Waals surface area contributed by atoms with Crippen LogP contribution in [-0.2, 0) is 6.42 Å². The average Bonchev–Trinajstić information content (AvgIpc) is 3.03. The molecule has 4 nitrogen and oxygen atoms in total. The summed E-state index contributed by atoms with van der Waals surface area (Å²) in [6.07, 6.45) is 1.66. The summed E-state index contributed by atoms with van der Waals surface area (Å²) in [6, 6.07) is 14.3. The van der Waals surface area contributed by atoms with Crippen molar-refractivity contribution in [3.63, 3.8) is 0 Å². The zero-order valence-electron chi connectivity index (χ0n) is 17.0. The summed E-state index contributed by atoms with van der Waals surface area (Å²) in [5.41, 5.74) is 3.94. The van der Waals surface area contributed by atoms with Crippen molar-refractivity contribution in [1.82, 2.24) is 9.78 Å². The first-order chi connectivity index (χ1) is 14.0. The first kappa shape index (κ1) is 21.1. The Labute approximate surface area is 174 Å². The number of aromatic amines is 1. The van der Waals surface area contributed by atoms with Crippen LogP contribution in [0, 0.1) is 12.7 Å². The van der Waals surface area contributed by atoms with Gasteiger partial charge in [0.25, 0.3) is 5.56 Å². The maximum absolute atomic E-state index is 13.2. The largest absolute Gasteiger partial charge is 0.294 e. The van der Waals surface area contributed by atoms with E-state index in [0.29, 0.717) is 17.8 Å². The van der Waals surface area contributed by atoms with E-state index in [9.17, 15) is 9.18 Å². The van der Waals surface area contributed by atoms with E-state index in [0.717, 1.165) is 30.0 Å². The molecule has 3 rings (SSSR count). The first-order valence-corrected chi connectivity index (χ1v) is 10.8. The minimum atomic E-state index is -0.328. The Morgan fingerprint density at radius 1 is 1.14 bits per heavy atom. The van der Waals surface area contributed by atoms with Gasteiger partial charge in [0.15, 0.2) is 0 Å². The summed E-state index contributed by atoms with van der Waals surface area (Å²) in [5.74, 6) is 0.520. The summed E-state index contributed by atoms with van der Waals surface area (Å²) in [4.78, 5) is 18.9. The van der Waals surface area contributed by atoms with Crippen molar-refractivity contribution >= 4 is 17.5 Å². The third-order valence-electron chi connectivity index (χ3n) is 4.64. The van der Waals surface area contributed by atoms with E-state index < -0.39 is 0 Å². The van der Waals surface area contributed by atoms with Crippen molar-refractivity contribution in [3.8, 4) is 5.69 Å². The molecule has 0 saturated carbocycles. The number of nitrogens with zero attached hydrogens (tertiary/aromatic N) is 2. The summed E-state index contributed by atoms with van der Waals surface area (Å²) in [7, 11) is 0. The molecule has 3 aromatic rings. The highest BCUT2D eigenvalue weighted by Gasteiger charge is 2.17. The van der Waals surface area contributed by atoms with Crippen molar-refractivity contribution in [3.05, 3.63) is 81.5 Å². The fourth-order valence-corrected chi connectivity index (χ4v) is 3.90. The van der Waals surface area contributed by atoms with Gasteiger partial charge in [-0.3, -0.25) is 14.9 Å². The maximum atomic E-state index is 13.2. The van der Waals surface area contributed by atoms with Gasteiger partial charge in [-0.25, -0.2) is 9.07 Å². The molecular formula is C23H26FN3OS. The number of hydrogen-bond donors (Lipinski definition) is 1. The molecule has 0 amide bonds. The van der Waals surface area contributed by atoms with Crippen molar-refractivity contribution in [2.75, 3.05) is 12.3 Å². The van der Waals surface area contributed by atoms with Crippen molar-refractivity contribution in [2.24, 2.45) is 4.99 Å². The van der Waals surface area contributed by atoms with E-state index in [1.54, 1.807) is 23.9 Å². The minimum absolute atomic E-state index is 0.146. The van der Waals surface area contributed by atoms with E-state index in [-0.39, 0.29) is 11.4 Å². The quantitative estimate of drug-likeness (QED) is 0.316. The van der Waals surface area contributed by atoms with Crippen LogP contribution in [0.15, 0.2) is 63.2 Å². The molecule has 0 saturated heterocycles. The molecule has 0 spiro atoms. The number of aliphatic imine (C=N–C) groups is 1. The van der Waals surface area contributed by atoms with Gasteiger partial charge < -0.3 is 0 Å². The monoisotopic (exact) mass is 411 g/mol. The first-order valence-electron chi connectivity index (χ1n) is 9.80. The van der Waals surface area contributed by atoms with E-state index in [1.165, 1.54) is 27.3 Å². The Morgan fingerprint density at radius 2 is 1.83 bits per heavy atom. The third kappa shape index (κ3) is 5.26. The second-order valence-corrected chi connectivity index (χ2v) is 8.13. The predicted molar refractivity (Wildman–Crippen MR) is 119 cm³/mol. The van der Waals surface area contributed by atoms with Crippen LogP contribution in [0.25, 0.3) is 5.69 Å². The molecule has 0 unspecified atom stereocenters. The number of aryl methyl sites for hydroxylation is 2. The van der Waals surface area contributed by atoms with E-state index in [4.69, 9.17) is 0 Å². The highest BCUT2D eigenvalue weighted by atomic mass is 32.2. The highest BCUT2D eigenvalue weighted by Crippen LogP contribution is 2.18. The molecule has 0 aliphatic rings. The lowest BCUT2D eigenvalue weighted by Gasteiger charge is -2.02. The molecule has 152 valence electrons. The molecule has 1 N–H and O–H groups in total. The molecule has 1 heterocycles. The Hall–Kier alpha value is -2.60. The van der Waals surface area contributed by atoms with Crippen LogP contribution in [0.4, 0.5) is 4.39 Å². The Balaban J connectivity index is 1.78. The number of H-pyrrole nitrogens is 1. The molecule has 2 aromatic carbocycles. The Morgan fingerprint density at radius 3 is 2.48 bits per heavy atom. The number of hydrogen-bond acceptors (Lipinski definition) is 3. The van der Waals surface area contributed by atoms with Crippen LogP contribution in [-0.4, -0.2) is 27.8 Å². The van der Waals surface area contributed by atoms with Gasteiger partial charge in [-0.15, -0.1) is 11.8 Å². The number of benzene rings is 2. The average molecular weight is 412 g/mol. The van der Waals surface area contributed by atoms with Crippen LogP contribution >= 0.6 is 11.8 Å². The van der Waals surface area contributed by atoms with Crippen molar-refractivity contribution in [2.45, 2.75) is 38.5 Å². The Kier molecular flexibility index (Phi) is 7.09. The lowest BCUT2D eigenvalue weighted by molar-refractivity contribution is 0.626. The fraction of sp³-hybridized carbons (Fsp3) is 0.304. The fourth-order valence-electron chi connectivity index (χ4n) is 3.15. The standard InChI is InChI=1S/C23H26FN3OS/c1-4-5-21-22(23(28)27(26-21)19-10-8-18(24)9-11-19)17(3)25-14-15-29-20-12-6-16(2)7-13-20/h6-13,26H,4-5,14-15H2,1-3H3. The minimum Gasteiger partial charge on any atom is -0.294 e. The van der Waals surface area contributed by atoms with E-state index >= 15 is 0 Å². The molecule has 0 aliphatic carbocycles. The van der Waals surface area contributed by atoms with Crippen molar-refractivity contribution in [1.29, 1.82) is 0 Å². The molecule has 0 bridgehead atoms. The molecule has 0 atom stereocenters. The Bertz CT molecular complexity index is 1030. The second-order valence-electron chi connectivity index (χ2n) is 6.96. The lowest BCUT2D eigenvalue weighted by atomic mass is 10.1. The second kappa shape index (κ2) is 9.74. The molecule has 0 fully saturated rings. The van der Waals surface area contributed by atoms with E-state index in [1.807, 2.05) is 6.92 Å². The molecule has 29 heavy (non-hydrogen) atoms. The molecule has 6 heteroatoms.